The van der Waals surface area contributed by atoms with Gasteiger partial charge in [0, 0.05) is 24.2 Å². The average Bonchev–Trinajstić information content (AvgIpc) is 3.02. The minimum Gasteiger partial charge on any atom is -0.344 e. The number of aromatic amines is 1. The molecule has 0 spiro atoms. The Kier molecular flexibility index (Phi) is 4.44. The van der Waals surface area contributed by atoms with Crippen molar-refractivity contribution in [2.45, 2.75) is 6.04 Å². The molecular weight excluding hydrogens is 290 g/mol. The summed E-state index contributed by atoms with van der Waals surface area (Å²) in [6, 6.07) is 13.2. The topological polar surface area (TPSA) is 96.7 Å². The lowest BCUT2D eigenvalue weighted by molar-refractivity contribution is -0.117. The third kappa shape index (κ3) is 3.44. The smallest absolute Gasteiger partial charge is 0.244 e. The SMILES string of the molecule is NC[C@@H](NC(=O)/C=C/c1[nH]nc2ncccc12)c1ccccc1. The normalized spacial score (nSPS) is 12.6. The number of hydrogen-bond acceptors (Lipinski definition) is 4. The average molecular weight is 307 g/mol. The van der Waals surface area contributed by atoms with E-state index in [-0.39, 0.29) is 11.9 Å². The summed E-state index contributed by atoms with van der Waals surface area (Å²) in [5, 5.41) is 10.7. The summed E-state index contributed by atoms with van der Waals surface area (Å²) in [6.45, 7) is 0.334. The first kappa shape index (κ1) is 14.9. The third-order valence-corrected chi connectivity index (χ3v) is 3.51. The molecule has 3 aromatic rings. The van der Waals surface area contributed by atoms with Gasteiger partial charge in [0.15, 0.2) is 5.65 Å². The minimum absolute atomic E-state index is 0.212. The van der Waals surface area contributed by atoms with Gasteiger partial charge in [-0.3, -0.25) is 9.89 Å². The quantitative estimate of drug-likeness (QED) is 0.626. The van der Waals surface area contributed by atoms with Crippen LogP contribution in [0.25, 0.3) is 17.1 Å². The zero-order chi connectivity index (χ0) is 16.1. The van der Waals surface area contributed by atoms with Gasteiger partial charge in [-0.1, -0.05) is 30.3 Å². The molecule has 1 aromatic carbocycles. The van der Waals surface area contributed by atoms with Crippen LogP contribution in [0.4, 0.5) is 0 Å². The van der Waals surface area contributed by atoms with E-state index in [4.69, 9.17) is 5.73 Å². The van der Waals surface area contributed by atoms with E-state index < -0.39 is 0 Å². The molecule has 0 bridgehead atoms. The molecule has 6 heteroatoms. The molecule has 0 aliphatic heterocycles. The summed E-state index contributed by atoms with van der Waals surface area (Å²) < 4.78 is 0. The molecule has 0 unspecified atom stereocenters. The first-order valence-electron chi connectivity index (χ1n) is 7.30. The van der Waals surface area contributed by atoms with Crippen molar-refractivity contribution in [2.24, 2.45) is 5.73 Å². The summed E-state index contributed by atoms with van der Waals surface area (Å²) in [6.07, 6.45) is 4.82. The van der Waals surface area contributed by atoms with Gasteiger partial charge in [-0.05, 0) is 23.8 Å². The fraction of sp³-hybridized carbons (Fsp3) is 0.118. The van der Waals surface area contributed by atoms with E-state index in [2.05, 4.69) is 20.5 Å². The lowest BCUT2D eigenvalue weighted by atomic mass is 10.1. The predicted molar refractivity (Wildman–Crippen MR) is 89.3 cm³/mol. The van der Waals surface area contributed by atoms with Crippen LogP contribution in [0.5, 0.6) is 0 Å². The lowest BCUT2D eigenvalue weighted by Crippen LogP contribution is -2.32. The molecule has 4 N–H and O–H groups in total. The standard InChI is InChI=1S/C17H17N5O/c18-11-15(12-5-2-1-3-6-12)20-16(23)9-8-14-13-7-4-10-19-17(13)22-21-14/h1-10,15H,11,18H2,(H,20,23)(H,19,21,22)/b9-8+/t15-/m1/s1. The fourth-order valence-electron chi connectivity index (χ4n) is 2.34. The van der Waals surface area contributed by atoms with Crippen LogP contribution in [0.1, 0.15) is 17.3 Å². The molecular formula is C17H17N5O. The number of hydrogen-bond donors (Lipinski definition) is 3. The number of amides is 1. The second-order valence-electron chi connectivity index (χ2n) is 5.05. The zero-order valence-corrected chi connectivity index (χ0v) is 12.4. The van der Waals surface area contributed by atoms with Crippen LogP contribution in [0.3, 0.4) is 0 Å². The first-order chi connectivity index (χ1) is 11.3. The number of benzene rings is 1. The number of nitrogens with one attached hydrogen (secondary N) is 2. The van der Waals surface area contributed by atoms with Gasteiger partial charge in [-0.25, -0.2) is 4.98 Å². The van der Waals surface area contributed by atoms with Gasteiger partial charge in [0.25, 0.3) is 0 Å². The monoisotopic (exact) mass is 307 g/mol. The molecule has 0 saturated carbocycles. The molecule has 2 heterocycles. The molecule has 6 nitrogen and oxygen atoms in total. The lowest BCUT2D eigenvalue weighted by Gasteiger charge is -2.15. The molecule has 0 saturated heterocycles. The largest absolute Gasteiger partial charge is 0.344 e. The van der Waals surface area contributed by atoms with Crippen molar-refractivity contribution < 1.29 is 4.79 Å². The Morgan fingerprint density at radius 1 is 1.26 bits per heavy atom. The van der Waals surface area contributed by atoms with Crippen molar-refractivity contribution in [3.8, 4) is 0 Å². The number of H-pyrrole nitrogens is 1. The highest BCUT2D eigenvalue weighted by molar-refractivity contribution is 5.94. The highest BCUT2D eigenvalue weighted by atomic mass is 16.1. The Hall–Kier alpha value is -2.99. The maximum absolute atomic E-state index is 12.1. The number of aromatic nitrogens is 3. The number of rotatable bonds is 5. The van der Waals surface area contributed by atoms with E-state index in [0.717, 1.165) is 16.6 Å². The number of carbonyl (C=O) groups excluding carboxylic acids is 1. The first-order valence-corrected chi connectivity index (χ1v) is 7.30. The van der Waals surface area contributed by atoms with Crippen LogP contribution in [0, 0.1) is 0 Å². The van der Waals surface area contributed by atoms with Crippen molar-refractivity contribution in [3.05, 3.63) is 66.0 Å². The Morgan fingerprint density at radius 2 is 2.09 bits per heavy atom. The van der Waals surface area contributed by atoms with E-state index in [9.17, 15) is 4.79 Å². The van der Waals surface area contributed by atoms with Crippen molar-refractivity contribution in [3.63, 3.8) is 0 Å². The fourth-order valence-corrected chi connectivity index (χ4v) is 2.34. The molecule has 1 amide bonds. The van der Waals surface area contributed by atoms with Gasteiger partial charge in [0.1, 0.15) is 0 Å². The van der Waals surface area contributed by atoms with Crippen LogP contribution in [0.15, 0.2) is 54.7 Å². The molecule has 116 valence electrons. The van der Waals surface area contributed by atoms with Crippen molar-refractivity contribution >= 4 is 23.0 Å². The number of carbonyl (C=O) groups is 1. The third-order valence-electron chi connectivity index (χ3n) is 3.51. The number of pyridine rings is 1. The molecule has 23 heavy (non-hydrogen) atoms. The van der Waals surface area contributed by atoms with Crippen LogP contribution in [-0.2, 0) is 4.79 Å². The maximum Gasteiger partial charge on any atom is 0.244 e. The summed E-state index contributed by atoms with van der Waals surface area (Å²) >= 11 is 0. The maximum atomic E-state index is 12.1. The number of nitrogens with two attached hydrogens (primary N) is 1. The van der Waals surface area contributed by atoms with Crippen LogP contribution >= 0.6 is 0 Å². The van der Waals surface area contributed by atoms with Gasteiger partial charge < -0.3 is 11.1 Å². The van der Waals surface area contributed by atoms with Crippen LogP contribution < -0.4 is 11.1 Å². The van der Waals surface area contributed by atoms with E-state index in [0.29, 0.717) is 12.2 Å². The van der Waals surface area contributed by atoms with Gasteiger partial charge in [0.05, 0.1) is 11.7 Å². The van der Waals surface area contributed by atoms with Crippen molar-refractivity contribution in [2.75, 3.05) is 6.54 Å². The summed E-state index contributed by atoms with van der Waals surface area (Å²) in [5.74, 6) is -0.212. The van der Waals surface area contributed by atoms with Gasteiger partial charge in [-0.15, -0.1) is 0 Å². The van der Waals surface area contributed by atoms with Gasteiger partial charge in [-0.2, -0.15) is 5.10 Å². The van der Waals surface area contributed by atoms with E-state index >= 15 is 0 Å². The highest BCUT2D eigenvalue weighted by Crippen LogP contribution is 2.14. The Morgan fingerprint density at radius 3 is 2.87 bits per heavy atom. The molecule has 1 atom stereocenters. The summed E-state index contributed by atoms with van der Waals surface area (Å²) in [5.41, 5.74) is 8.10. The Labute approximate surface area is 133 Å². The van der Waals surface area contributed by atoms with E-state index in [1.165, 1.54) is 6.08 Å². The van der Waals surface area contributed by atoms with E-state index in [1.807, 2.05) is 42.5 Å². The second kappa shape index (κ2) is 6.85. The molecule has 0 fully saturated rings. The zero-order valence-electron chi connectivity index (χ0n) is 12.4. The highest BCUT2D eigenvalue weighted by Gasteiger charge is 2.11. The molecule has 3 rings (SSSR count). The summed E-state index contributed by atoms with van der Waals surface area (Å²) in [7, 11) is 0. The van der Waals surface area contributed by atoms with Crippen LogP contribution in [0.2, 0.25) is 0 Å². The molecule has 2 aromatic heterocycles. The Bertz CT molecular complexity index is 825. The van der Waals surface area contributed by atoms with Crippen LogP contribution in [-0.4, -0.2) is 27.6 Å². The summed E-state index contributed by atoms with van der Waals surface area (Å²) in [4.78, 5) is 16.3. The van der Waals surface area contributed by atoms with Gasteiger partial charge >= 0.3 is 0 Å². The minimum atomic E-state index is -0.214. The van der Waals surface area contributed by atoms with E-state index in [1.54, 1.807) is 12.3 Å². The Balaban J connectivity index is 1.71. The second-order valence-corrected chi connectivity index (χ2v) is 5.05. The molecule has 0 radical (unpaired) electrons. The number of nitrogens with zero attached hydrogens (tertiary/aromatic N) is 2. The predicted octanol–water partition coefficient (Wildman–Crippen LogP) is 1.79. The van der Waals surface area contributed by atoms with Crippen molar-refractivity contribution in [1.29, 1.82) is 0 Å². The van der Waals surface area contributed by atoms with Gasteiger partial charge in [0.2, 0.25) is 5.91 Å². The number of fused-ring (bicyclic) bond motifs is 1. The molecule has 0 aliphatic carbocycles. The van der Waals surface area contributed by atoms with Crippen molar-refractivity contribution in [1.82, 2.24) is 20.5 Å². The molecule has 0 aliphatic rings.